The van der Waals surface area contributed by atoms with Crippen LogP contribution in [-0.4, -0.2) is 34.1 Å². The summed E-state index contributed by atoms with van der Waals surface area (Å²) in [4.78, 5) is 8.84. The maximum Gasteiger partial charge on any atom is 0.573 e. The van der Waals surface area contributed by atoms with Crippen LogP contribution < -0.4 is 15.4 Å². The highest BCUT2D eigenvalue weighted by molar-refractivity contribution is 5.69. The van der Waals surface area contributed by atoms with Gasteiger partial charge < -0.3 is 20.5 Å². The molecular formula is C22H23F3N4O2. The molecule has 0 aliphatic heterocycles. The third kappa shape index (κ3) is 6.08. The quantitative estimate of drug-likeness (QED) is 0.477. The number of alkyl halides is 3. The van der Waals surface area contributed by atoms with E-state index in [-0.39, 0.29) is 24.3 Å². The first-order valence-corrected chi connectivity index (χ1v) is 9.60. The number of aromatic nitrogens is 2. The molecule has 0 amide bonds. The molecule has 0 saturated heterocycles. The summed E-state index contributed by atoms with van der Waals surface area (Å²) in [7, 11) is 0. The largest absolute Gasteiger partial charge is 0.573 e. The van der Waals surface area contributed by atoms with Gasteiger partial charge in [-0.15, -0.1) is 13.2 Å². The van der Waals surface area contributed by atoms with Gasteiger partial charge in [-0.2, -0.15) is 4.98 Å². The molecule has 0 spiro atoms. The average molecular weight is 432 g/mol. The first-order chi connectivity index (χ1) is 14.6. The van der Waals surface area contributed by atoms with Gasteiger partial charge >= 0.3 is 6.36 Å². The van der Waals surface area contributed by atoms with Crippen molar-refractivity contribution in [2.24, 2.45) is 0 Å². The Hall–Kier alpha value is -3.33. The van der Waals surface area contributed by atoms with Gasteiger partial charge in [0.1, 0.15) is 11.6 Å². The van der Waals surface area contributed by atoms with Crippen LogP contribution in [0.2, 0.25) is 0 Å². The molecule has 0 unspecified atom stereocenters. The van der Waals surface area contributed by atoms with Gasteiger partial charge in [0.2, 0.25) is 5.95 Å². The summed E-state index contributed by atoms with van der Waals surface area (Å²) >= 11 is 0. The highest BCUT2D eigenvalue weighted by Gasteiger charge is 2.31. The van der Waals surface area contributed by atoms with Crippen LogP contribution in [-0.2, 0) is 0 Å². The van der Waals surface area contributed by atoms with E-state index in [9.17, 15) is 18.3 Å². The lowest BCUT2D eigenvalue weighted by molar-refractivity contribution is -0.274. The highest BCUT2D eigenvalue weighted by atomic mass is 19.4. The SMILES string of the molecule is Cc1cccc(Nc2cc(-c3cccc(OC(F)(F)F)c3)nc(N[C@H](C)CO)n2)c1C. The number of aliphatic hydroxyl groups excluding tert-OH is 1. The summed E-state index contributed by atoms with van der Waals surface area (Å²) in [5, 5.41) is 15.6. The molecule has 6 nitrogen and oxygen atoms in total. The fourth-order valence-electron chi connectivity index (χ4n) is 2.87. The van der Waals surface area contributed by atoms with E-state index >= 15 is 0 Å². The number of nitrogens with zero attached hydrogens (tertiary/aromatic N) is 2. The number of rotatable bonds is 7. The Balaban J connectivity index is 2.01. The molecular weight excluding hydrogens is 409 g/mol. The van der Waals surface area contributed by atoms with E-state index in [1.54, 1.807) is 19.1 Å². The lowest BCUT2D eigenvalue weighted by Gasteiger charge is -2.16. The topological polar surface area (TPSA) is 79.3 Å². The lowest BCUT2D eigenvalue weighted by Crippen LogP contribution is -2.21. The van der Waals surface area contributed by atoms with Crippen molar-refractivity contribution in [1.29, 1.82) is 0 Å². The van der Waals surface area contributed by atoms with E-state index in [1.165, 1.54) is 18.2 Å². The normalized spacial score (nSPS) is 12.4. The Bertz CT molecular complexity index is 1060. The van der Waals surface area contributed by atoms with Gasteiger partial charge in [-0.1, -0.05) is 24.3 Å². The van der Waals surface area contributed by atoms with Crippen molar-refractivity contribution >= 4 is 17.5 Å². The van der Waals surface area contributed by atoms with Crippen LogP contribution in [0.25, 0.3) is 11.3 Å². The second kappa shape index (κ2) is 9.22. The summed E-state index contributed by atoms with van der Waals surface area (Å²) in [5.41, 5.74) is 3.81. The summed E-state index contributed by atoms with van der Waals surface area (Å²) in [6.07, 6.45) is -4.79. The molecule has 1 aromatic heterocycles. The molecule has 9 heteroatoms. The molecule has 2 aromatic carbocycles. The maximum absolute atomic E-state index is 12.6. The number of aryl methyl sites for hydroxylation is 1. The fourth-order valence-corrected chi connectivity index (χ4v) is 2.87. The molecule has 0 aliphatic carbocycles. The van der Waals surface area contributed by atoms with E-state index < -0.39 is 6.36 Å². The third-order valence-corrected chi connectivity index (χ3v) is 4.61. The molecule has 0 fully saturated rings. The van der Waals surface area contributed by atoms with E-state index in [4.69, 9.17) is 0 Å². The smallest absolute Gasteiger partial charge is 0.406 e. The van der Waals surface area contributed by atoms with E-state index in [2.05, 4.69) is 25.3 Å². The predicted octanol–water partition coefficient (Wildman–Crippen LogP) is 5.20. The second-order valence-electron chi connectivity index (χ2n) is 7.14. The lowest BCUT2D eigenvalue weighted by atomic mass is 10.1. The van der Waals surface area contributed by atoms with Crippen molar-refractivity contribution in [1.82, 2.24) is 9.97 Å². The molecule has 0 saturated carbocycles. The zero-order valence-electron chi connectivity index (χ0n) is 17.3. The van der Waals surface area contributed by atoms with Gasteiger partial charge in [0.05, 0.1) is 12.3 Å². The maximum atomic E-state index is 12.6. The Kier molecular flexibility index (Phi) is 6.65. The first kappa shape index (κ1) is 22.4. The number of nitrogens with one attached hydrogen (secondary N) is 2. The Morgan fingerprint density at radius 1 is 1.06 bits per heavy atom. The number of halogens is 3. The van der Waals surface area contributed by atoms with Crippen LogP contribution in [0.15, 0.2) is 48.5 Å². The minimum atomic E-state index is -4.79. The number of hydrogen-bond acceptors (Lipinski definition) is 6. The molecule has 1 heterocycles. The van der Waals surface area contributed by atoms with Crippen molar-refractivity contribution in [2.75, 3.05) is 17.2 Å². The second-order valence-corrected chi connectivity index (χ2v) is 7.14. The Morgan fingerprint density at radius 3 is 2.52 bits per heavy atom. The zero-order chi connectivity index (χ0) is 22.6. The molecule has 0 aliphatic rings. The highest BCUT2D eigenvalue weighted by Crippen LogP contribution is 2.30. The Morgan fingerprint density at radius 2 is 1.81 bits per heavy atom. The van der Waals surface area contributed by atoms with Crippen molar-refractivity contribution in [3.8, 4) is 17.0 Å². The molecule has 164 valence electrons. The monoisotopic (exact) mass is 432 g/mol. The van der Waals surface area contributed by atoms with Crippen LogP contribution in [0.4, 0.5) is 30.6 Å². The summed E-state index contributed by atoms with van der Waals surface area (Å²) in [5.74, 6) is 0.341. The average Bonchev–Trinajstić information content (AvgIpc) is 2.70. The van der Waals surface area contributed by atoms with Crippen LogP contribution in [0, 0.1) is 13.8 Å². The Labute approximate surface area is 178 Å². The number of benzene rings is 2. The van der Waals surface area contributed by atoms with Crippen molar-refractivity contribution in [3.63, 3.8) is 0 Å². The van der Waals surface area contributed by atoms with E-state index in [0.29, 0.717) is 17.1 Å². The molecule has 1 atom stereocenters. The molecule has 0 bridgehead atoms. The van der Waals surface area contributed by atoms with Crippen LogP contribution >= 0.6 is 0 Å². The van der Waals surface area contributed by atoms with Gasteiger partial charge in [0.25, 0.3) is 0 Å². The number of anilines is 3. The molecule has 3 N–H and O–H groups in total. The number of hydrogen-bond donors (Lipinski definition) is 3. The van der Waals surface area contributed by atoms with Crippen molar-refractivity contribution in [3.05, 3.63) is 59.7 Å². The minimum Gasteiger partial charge on any atom is -0.406 e. The van der Waals surface area contributed by atoms with Gasteiger partial charge in [-0.3, -0.25) is 0 Å². The third-order valence-electron chi connectivity index (χ3n) is 4.61. The van der Waals surface area contributed by atoms with Crippen LogP contribution in [0.5, 0.6) is 5.75 Å². The molecule has 3 rings (SSSR count). The molecule has 3 aromatic rings. The van der Waals surface area contributed by atoms with Gasteiger partial charge in [-0.25, -0.2) is 4.98 Å². The van der Waals surface area contributed by atoms with E-state index in [1.807, 2.05) is 32.0 Å². The summed E-state index contributed by atoms with van der Waals surface area (Å²) in [6.45, 7) is 5.59. The van der Waals surface area contributed by atoms with Crippen LogP contribution in [0.3, 0.4) is 0 Å². The van der Waals surface area contributed by atoms with Crippen molar-refractivity contribution in [2.45, 2.75) is 33.2 Å². The predicted molar refractivity (Wildman–Crippen MR) is 114 cm³/mol. The van der Waals surface area contributed by atoms with Gasteiger partial charge in [0, 0.05) is 23.4 Å². The number of aliphatic hydroxyl groups is 1. The molecule has 31 heavy (non-hydrogen) atoms. The minimum absolute atomic E-state index is 0.137. The van der Waals surface area contributed by atoms with Gasteiger partial charge in [0.15, 0.2) is 0 Å². The van der Waals surface area contributed by atoms with Gasteiger partial charge in [-0.05, 0) is 50.1 Å². The van der Waals surface area contributed by atoms with Crippen molar-refractivity contribution < 1.29 is 23.0 Å². The zero-order valence-corrected chi connectivity index (χ0v) is 17.3. The first-order valence-electron chi connectivity index (χ1n) is 9.60. The fraction of sp³-hybridized carbons (Fsp3) is 0.273. The van der Waals surface area contributed by atoms with Crippen LogP contribution in [0.1, 0.15) is 18.1 Å². The summed E-state index contributed by atoms with van der Waals surface area (Å²) in [6, 6.07) is 12.7. The molecule has 0 radical (unpaired) electrons. The number of ether oxygens (including phenoxy) is 1. The standard InChI is InChI=1S/C22H23F3N4O2/c1-13-6-4-9-18(15(13)3)27-20-11-19(28-21(29-20)26-14(2)12-30)16-7-5-8-17(10-16)31-22(23,24)25/h4-11,14,30H,12H2,1-3H3,(H2,26,27,28,29)/t14-/m1/s1. The van der Waals surface area contributed by atoms with E-state index in [0.717, 1.165) is 16.8 Å². The summed E-state index contributed by atoms with van der Waals surface area (Å²) < 4.78 is 41.8.